The van der Waals surface area contributed by atoms with Gasteiger partial charge in [0, 0.05) is 19.4 Å². The molecule has 0 unspecified atom stereocenters. The molecule has 0 aromatic carbocycles. The average molecular weight is 564 g/mol. The van der Waals surface area contributed by atoms with Gasteiger partial charge in [0.25, 0.3) is 0 Å². The zero-order chi connectivity index (χ0) is 29.9. The lowest BCUT2D eigenvalue weighted by molar-refractivity contribution is -0.883. The van der Waals surface area contributed by atoms with Gasteiger partial charge in [0.15, 0.2) is 6.54 Å². The standard InChI is InChI=1S/C35H66N2O3/c1-7-8-9-10-11-12-13-14-15-16-17-18-19-20-21-26-34(38)36-28-23-29-37(5,6)31-35(39)40-30-27-33(4)25-22-24-32(2)3/h24,27H,7-23,25-26,28-31H2,1-6H3/p+1/b33-27+. The molecule has 0 saturated heterocycles. The molecule has 1 amide bonds. The molecule has 234 valence electrons. The van der Waals surface area contributed by atoms with Gasteiger partial charge in [-0.3, -0.25) is 4.79 Å². The van der Waals surface area contributed by atoms with E-state index in [1.54, 1.807) is 0 Å². The van der Waals surface area contributed by atoms with Crippen LogP contribution in [-0.4, -0.2) is 56.7 Å². The van der Waals surface area contributed by atoms with Crippen LogP contribution < -0.4 is 5.32 Å². The zero-order valence-corrected chi connectivity index (χ0v) is 27.6. The lowest BCUT2D eigenvalue weighted by Crippen LogP contribution is -2.46. The minimum Gasteiger partial charge on any atom is -0.457 e. The molecule has 0 rings (SSSR count). The van der Waals surface area contributed by atoms with E-state index in [-0.39, 0.29) is 11.9 Å². The van der Waals surface area contributed by atoms with Gasteiger partial charge in [0.1, 0.15) is 6.61 Å². The number of quaternary nitrogens is 1. The minimum absolute atomic E-state index is 0.158. The monoisotopic (exact) mass is 564 g/mol. The maximum absolute atomic E-state index is 12.3. The van der Waals surface area contributed by atoms with Gasteiger partial charge in [-0.25, -0.2) is 4.79 Å². The highest BCUT2D eigenvalue weighted by Crippen LogP contribution is 2.14. The molecule has 0 atom stereocenters. The van der Waals surface area contributed by atoms with Crippen molar-refractivity contribution >= 4 is 11.9 Å². The van der Waals surface area contributed by atoms with E-state index < -0.39 is 0 Å². The molecule has 5 heteroatoms. The summed E-state index contributed by atoms with van der Waals surface area (Å²) in [4.78, 5) is 24.4. The first-order chi connectivity index (χ1) is 19.2. The minimum atomic E-state index is -0.171. The number of unbranched alkanes of at least 4 members (excludes halogenated alkanes) is 14. The van der Waals surface area contributed by atoms with Crippen LogP contribution >= 0.6 is 0 Å². The number of carbonyl (C=O) groups is 2. The van der Waals surface area contributed by atoms with E-state index in [4.69, 9.17) is 4.74 Å². The van der Waals surface area contributed by atoms with Crippen LogP contribution in [0.15, 0.2) is 23.3 Å². The third kappa shape index (κ3) is 27.9. The van der Waals surface area contributed by atoms with Crippen molar-refractivity contribution in [2.45, 2.75) is 150 Å². The Labute approximate surface area is 249 Å². The number of nitrogens with zero attached hydrogens (tertiary/aromatic N) is 1. The largest absolute Gasteiger partial charge is 0.457 e. The van der Waals surface area contributed by atoms with E-state index in [2.05, 4.69) is 39.1 Å². The molecule has 0 saturated carbocycles. The number of hydrogen-bond donors (Lipinski definition) is 1. The number of hydrogen-bond acceptors (Lipinski definition) is 3. The lowest BCUT2D eigenvalue weighted by Gasteiger charge is -2.28. The molecule has 0 aliphatic heterocycles. The molecule has 0 fully saturated rings. The van der Waals surface area contributed by atoms with Crippen LogP contribution in [0.5, 0.6) is 0 Å². The van der Waals surface area contributed by atoms with Gasteiger partial charge >= 0.3 is 5.97 Å². The molecule has 0 aliphatic carbocycles. The molecule has 0 aromatic rings. The van der Waals surface area contributed by atoms with Crippen LogP contribution in [0.4, 0.5) is 0 Å². The summed E-state index contributed by atoms with van der Waals surface area (Å²) in [6.45, 7) is 10.8. The quantitative estimate of drug-likeness (QED) is 0.0469. The Hall–Kier alpha value is -1.62. The van der Waals surface area contributed by atoms with E-state index in [1.165, 1.54) is 94.6 Å². The van der Waals surface area contributed by atoms with Crippen LogP contribution in [-0.2, 0) is 14.3 Å². The number of ether oxygens (including phenoxy) is 1. The second-order valence-electron chi connectivity index (χ2n) is 12.8. The zero-order valence-electron chi connectivity index (χ0n) is 27.6. The van der Waals surface area contributed by atoms with Crippen LogP contribution in [0.2, 0.25) is 0 Å². The first kappa shape index (κ1) is 38.4. The SMILES string of the molecule is CCCCCCCCCCCCCCCCCC(=O)NCCC[N+](C)(C)CC(=O)OC/C=C(\C)CCC=C(C)C. The highest BCUT2D eigenvalue weighted by Gasteiger charge is 2.20. The predicted molar refractivity (Wildman–Crippen MR) is 172 cm³/mol. The molecule has 1 N–H and O–H groups in total. The van der Waals surface area contributed by atoms with Crippen LogP contribution in [0.3, 0.4) is 0 Å². The third-order valence-corrected chi connectivity index (χ3v) is 7.59. The number of esters is 1. The van der Waals surface area contributed by atoms with Crippen molar-refractivity contribution in [2.75, 3.05) is 40.3 Å². The predicted octanol–water partition coefficient (Wildman–Crippen LogP) is 9.07. The molecular formula is C35H67N2O3+. The van der Waals surface area contributed by atoms with Gasteiger partial charge in [-0.15, -0.1) is 0 Å². The van der Waals surface area contributed by atoms with Gasteiger partial charge in [0.2, 0.25) is 5.91 Å². The first-order valence-corrected chi connectivity index (χ1v) is 16.7. The molecule has 5 nitrogen and oxygen atoms in total. The lowest BCUT2D eigenvalue weighted by atomic mass is 10.0. The summed E-state index contributed by atoms with van der Waals surface area (Å²) in [6, 6.07) is 0. The fourth-order valence-electron chi connectivity index (χ4n) is 4.92. The molecule has 0 aromatic heterocycles. The second kappa shape index (κ2) is 26.3. The summed E-state index contributed by atoms with van der Waals surface area (Å²) in [7, 11) is 4.08. The molecule has 0 spiro atoms. The number of nitrogens with one attached hydrogen (secondary N) is 1. The number of carbonyl (C=O) groups excluding carboxylic acids is 2. The fraction of sp³-hybridized carbons (Fsp3) is 0.829. The Balaban J connectivity index is 3.65. The molecule has 0 radical (unpaired) electrons. The topological polar surface area (TPSA) is 55.4 Å². The van der Waals surface area contributed by atoms with Crippen LogP contribution in [0, 0.1) is 0 Å². The Morgan fingerprint density at radius 1 is 0.700 bits per heavy atom. The maximum Gasteiger partial charge on any atom is 0.362 e. The van der Waals surface area contributed by atoms with Crippen molar-refractivity contribution in [3.05, 3.63) is 23.3 Å². The Morgan fingerprint density at radius 3 is 1.75 bits per heavy atom. The van der Waals surface area contributed by atoms with E-state index in [0.717, 1.165) is 38.6 Å². The number of rotatable bonds is 27. The number of allylic oxidation sites excluding steroid dienone is 3. The van der Waals surface area contributed by atoms with Crippen molar-refractivity contribution < 1.29 is 18.8 Å². The summed E-state index contributed by atoms with van der Waals surface area (Å²) in [6.07, 6.45) is 27.8. The fourth-order valence-corrected chi connectivity index (χ4v) is 4.92. The molecule has 0 heterocycles. The van der Waals surface area contributed by atoms with E-state index in [1.807, 2.05) is 20.2 Å². The smallest absolute Gasteiger partial charge is 0.362 e. The summed E-state index contributed by atoms with van der Waals surface area (Å²) in [5.41, 5.74) is 2.58. The number of amides is 1. The highest BCUT2D eigenvalue weighted by molar-refractivity contribution is 5.75. The van der Waals surface area contributed by atoms with Crippen molar-refractivity contribution in [2.24, 2.45) is 0 Å². The van der Waals surface area contributed by atoms with Gasteiger partial charge in [-0.2, -0.15) is 0 Å². The van der Waals surface area contributed by atoms with Crippen LogP contribution in [0.1, 0.15) is 150 Å². The normalized spacial score (nSPS) is 11.9. The second-order valence-corrected chi connectivity index (χ2v) is 12.8. The Morgan fingerprint density at radius 2 is 1.23 bits per heavy atom. The van der Waals surface area contributed by atoms with Gasteiger partial charge in [0.05, 0.1) is 20.6 Å². The Kier molecular flexibility index (Phi) is 25.2. The molecular weight excluding hydrogens is 496 g/mol. The summed E-state index contributed by atoms with van der Waals surface area (Å²) >= 11 is 0. The van der Waals surface area contributed by atoms with E-state index >= 15 is 0 Å². The van der Waals surface area contributed by atoms with Gasteiger partial charge < -0.3 is 14.5 Å². The van der Waals surface area contributed by atoms with Gasteiger partial charge in [-0.05, 0) is 46.1 Å². The summed E-state index contributed by atoms with van der Waals surface area (Å²) < 4.78 is 5.99. The van der Waals surface area contributed by atoms with E-state index in [9.17, 15) is 9.59 Å². The molecule has 0 bridgehead atoms. The summed E-state index contributed by atoms with van der Waals surface area (Å²) in [5, 5.41) is 3.05. The van der Waals surface area contributed by atoms with Crippen molar-refractivity contribution in [1.82, 2.24) is 5.32 Å². The molecule has 40 heavy (non-hydrogen) atoms. The summed E-state index contributed by atoms with van der Waals surface area (Å²) in [5.74, 6) is -0.0123. The first-order valence-electron chi connectivity index (χ1n) is 16.7. The van der Waals surface area contributed by atoms with Crippen LogP contribution in [0.25, 0.3) is 0 Å². The highest BCUT2D eigenvalue weighted by atomic mass is 16.5. The third-order valence-electron chi connectivity index (χ3n) is 7.59. The maximum atomic E-state index is 12.3. The van der Waals surface area contributed by atoms with Crippen molar-refractivity contribution in [3.8, 4) is 0 Å². The van der Waals surface area contributed by atoms with Gasteiger partial charge in [-0.1, -0.05) is 114 Å². The molecule has 0 aliphatic rings. The van der Waals surface area contributed by atoms with Crippen molar-refractivity contribution in [1.29, 1.82) is 0 Å². The van der Waals surface area contributed by atoms with E-state index in [0.29, 0.717) is 30.6 Å². The average Bonchev–Trinajstić information content (AvgIpc) is 2.88. The Bertz CT molecular complexity index is 693. The number of likely N-dealkylation sites (N-methyl/N-ethyl adjacent to an activating group) is 1. The van der Waals surface area contributed by atoms with Crippen molar-refractivity contribution in [3.63, 3.8) is 0 Å².